The lowest BCUT2D eigenvalue weighted by molar-refractivity contribution is 0.618. The van der Waals surface area contributed by atoms with Gasteiger partial charge in [-0.05, 0) is 18.6 Å². The number of nitrogens with zero attached hydrogens (tertiary/aromatic N) is 2. The molecule has 0 fully saturated rings. The lowest BCUT2D eigenvalue weighted by Gasteiger charge is -2.09. The van der Waals surface area contributed by atoms with E-state index in [1.807, 2.05) is 0 Å². The number of halogens is 1. The second-order valence-corrected chi connectivity index (χ2v) is 3.86. The topological polar surface area (TPSA) is 102 Å². The number of nitrogens with two attached hydrogens (primary N) is 2. The Morgan fingerprint density at radius 1 is 1.22 bits per heavy atom. The second-order valence-electron chi connectivity index (χ2n) is 3.86. The van der Waals surface area contributed by atoms with Gasteiger partial charge in [0.15, 0.2) is 0 Å². The molecule has 0 saturated carbocycles. The van der Waals surface area contributed by atoms with E-state index in [-0.39, 0.29) is 28.7 Å². The molecule has 2 aromatic rings. The first-order valence-electron chi connectivity index (χ1n) is 5.22. The van der Waals surface area contributed by atoms with Crippen molar-refractivity contribution >= 4 is 17.3 Å². The molecule has 2 rings (SSSR count). The van der Waals surface area contributed by atoms with Crippen LogP contribution in [-0.4, -0.2) is 15.7 Å². The second kappa shape index (κ2) is 4.40. The molecule has 0 aliphatic rings. The molecule has 0 aliphatic carbocycles. The van der Waals surface area contributed by atoms with Gasteiger partial charge in [-0.25, -0.2) is 14.4 Å². The minimum atomic E-state index is -0.383. The molecule has 0 unspecified atom stereocenters. The number of anilines is 2. The van der Waals surface area contributed by atoms with Crippen molar-refractivity contribution in [3.8, 4) is 0 Å². The Morgan fingerprint density at radius 3 is 2.39 bits per heavy atom. The van der Waals surface area contributed by atoms with Gasteiger partial charge in [0.25, 0.3) is 0 Å². The van der Waals surface area contributed by atoms with Crippen LogP contribution >= 0.6 is 0 Å². The lowest BCUT2D eigenvalue weighted by atomic mass is 10.0. The molecule has 5 nitrogen and oxygen atoms in total. The highest BCUT2D eigenvalue weighted by atomic mass is 19.1. The highest BCUT2D eigenvalue weighted by Crippen LogP contribution is 2.20. The highest BCUT2D eigenvalue weighted by molar-refractivity contribution is 6.15. The molecule has 0 aliphatic heterocycles. The van der Waals surface area contributed by atoms with Crippen molar-refractivity contribution in [2.45, 2.75) is 6.92 Å². The van der Waals surface area contributed by atoms with Crippen LogP contribution in [-0.2, 0) is 0 Å². The Bertz CT molecular complexity index is 604. The van der Waals surface area contributed by atoms with Gasteiger partial charge >= 0.3 is 0 Å². The van der Waals surface area contributed by atoms with E-state index in [0.717, 1.165) is 0 Å². The van der Waals surface area contributed by atoms with Gasteiger partial charge in [0.1, 0.15) is 23.8 Å². The Kier molecular flexibility index (Phi) is 2.93. The van der Waals surface area contributed by atoms with Crippen LogP contribution in [0.5, 0.6) is 0 Å². The first-order chi connectivity index (χ1) is 8.50. The summed E-state index contributed by atoms with van der Waals surface area (Å²) in [6.07, 6.45) is 1.22. The van der Waals surface area contributed by atoms with E-state index in [4.69, 9.17) is 16.9 Å². The average molecular weight is 245 g/mol. The Labute approximate surface area is 103 Å². The zero-order chi connectivity index (χ0) is 13.3. The molecular weight excluding hydrogens is 233 g/mol. The molecule has 1 heterocycles. The minimum Gasteiger partial charge on any atom is -0.383 e. The third-order valence-electron chi connectivity index (χ3n) is 2.62. The Hall–Kier alpha value is -2.50. The summed E-state index contributed by atoms with van der Waals surface area (Å²) < 4.78 is 13.5. The fourth-order valence-electron chi connectivity index (χ4n) is 1.56. The summed E-state index contributed by atoms with van der Waals surface area (Å²) in [7, 11) is 0. The van der Waals surface area contributed by atoms with E-state index < -0.39 is 0 Å². The van der Waals surface area contributed by atoms with E-state index in [1.54, 1.807) is 19.1 Å². The Morgan fingerprint density at radius 2 is 1.83 bits per heavy atom. The van der Waals surface area contributed by atoms with Crippen LogP contribution in [0.1, 0.15) is 16.7 Å². The van der Waals surface area contributed by atoms with Crippen LogP contribution in [0, 0.1) is 18.2 Å². The summed E-state index contributed by atoms with van der Waals surface area (Å²) in [6.45, 7) is 1.65. The zero-order valence-corrected chi connectivity index (χ0v) is 9.74. The molecule has 6 heteroatoms. The van der Waals surface area contributed by atoms with Crippen molar-refractivity contribution in [3.63, 3.8) is 0 Å². The standard InChI is InChI=1S/C12H12FN5/c1-6-2-3-7(4-8(6)13)10(14)9-11(15)17-5-18-12(9)16/h2-5,14H,1H3,(H4,15,16,17,18). The number of rotatable bonds is 2. The van der Waals surface area contributed by atoms with Crippen molar-refractivity contribution in [2.75, 3.05) is 11.5 Å². The molecule has 1 aromatic carbocycles. The van der Waals surface area contributed by atoms with Crippen LogP contribution < -0.4 is 11.5 Å². The quantitative estimate of drug-likeness (QED) is 0.698. The van der Waals surface area contributed by atoms with Crippen LogP contribution in [0.15, 0.2) is 24.5 Å². The fraction of sp³-hybridized carbons (Fsp3) is 0.0833. The van der Waals surface area contributed by atoms with Gasteiger partial charge in [0.05, 0.1) is 11.3 Å². The summed E-state index contributed by atoms with van der Waals surface area (Å²) in [6, 6.07) is 4.49. The molecule has 1 aromatic heterocycles. The van der Waals surface area contributed by atoms with Crippen LogP contribution in [0.2, 0.25) is 0 Å². The predicted molar refractivity (Wildman–Crippen MR) is 67.9 cm³/mol. The summed E-state index contributed by atoms with van der Waals surface area (Å²) in [5.41, 5.74) is 12.4. The summed E-state index contributed by atoms with van der Waals surface area (Å²) in [5, 5.41) is 8.01. The molecular formula is C12H12FN5. The van der Waals surface area contributed by atoms with E-state index in [1.165, 1.54) is 12.4 Å². The summed E-state index contributed by atoms with van der Waals surface area (Å²) >= 11 is 0. The van der Waals surface area contributed by atoms with Gasteiger partial charge in [-0.1, -0.05) is 12.1 Å². The zero-order valence-electron chi connectivity index (χ0n) is 9.74. The third kappa shape index (κ3) is 2.00. The van der Waals surface area contributed by atoms with Gasteiger partial charge in [0.2, 0.25) is 0 Å². The van der Waals surface area contributed by atoms with Gasteiger partial charge in [-0.2, -0.15) is 0 Å². The van der Waals surface area contributed by atoms with Gasteiger partial charge in [-0.3, -0.25) is 5.41 Å². The Balaban J connectivity index is 2.51. The maximum atomic E-state index is 13.5. The number of nitrogens with one attached hydrogen (secondary N) is 1. The molecule has 0 radical (unpaired) electrons. The normalized spacial score (nSPS) is 10.3. The van der Waals surface area contributed by atoms with Crippen LogP contribution in [0.25, 0.3) is 0 Å². The number of nitrogen functional groups attached to an aromatic ring is 2. The SMILES string of the molecule is Cc1ccc(C(=N)c2c(N)ncnc2N)cc1F. The van der Waals surface area contributed by atoms with Crippen molar-refractivity contribution in [2.24, 2.45) is 0 Å². The first kappa shape index (κ1) is 12.0. The number of benzene rings is 1. The van der Waals surface area contributed by atoms with Gasteiger partial charge in [0, 0.05) is 5.56 Å². The van der Waals surface area contributed by atoms with Crippen molar-refractivity contribution in [1.29, 1.82) is 5.41 Å². The van der Waals surface area contributed by atoms with Gasteiger partial charge in [-0.15, -0.1) is 0 Å². The first-order valence-corrected chi connectivity index (χ1v) is 5.22. The van der Waals surface area contributed by atoms with Gasteiger partial charge < -0.3 is 11.5 Å². The third-order valence-corrected chi connectivity index (χ3v) is 2.62. The number of aryl methyl sites for hydroxylation is 1. The highest BCUT2D eigenvalue weighted by Gasteiger charge is 2.15. The molecule has 0 amide bonds. The van der Waals surface area contributed by atoms with E-state index in [0.29, 0.717) is 11.1 Å². The lowest BCUT2D eigenvalue weighted by Crippen LogP contribution is -2.12. The molecule has 0 saturated heterocycles. The number of hydrogen-bond donors (Lipinski definition) is 3. The largest absolute Gasteiger partial charge is 0.383 e. The molecule has 5 N–H and O–H groups in total. The van der Waals surface area contributed by atoms with Crippen molar-refractivity contribution < 1.29 is 4.39 Å². The summed E-state index contributed by atoms with van der Waals surface area (Å²) in [5.74, 6) is -0.173. The minimum absolute atomic E-state index is 0.00417. The van der Waals surface area contributed by atoms with Crippen molar-refractivity contribution in [3.05, 3.63) is 47.0 Å². The summed E-state index contributed by atoms with van der Waals surface area (Å²) in [4.78, 5) is 7.56. The molecule has 92 valence electrons. The monoisotopic (exact) mass is 245 g/mol. The molecule has 0 bridgehead atoms. The van der Waals surface area contributed by atoms with Crippen LogP contribution in [0.3, 0.4) is 0 Å². The molecule has 18 heavy (non-hydrogen) atoms. The average Bonchev–Trinajstić information content (AvgIpc) is 2.32. The van der Waals surface area contributed by atoms with E-state index >= 15 is 0 Å². The van der Waals surface area contributed by atoms with Crippen LogP contribution in [0.4, 0.5) is 16.0 Å². The van der Waals surface area contributed by atoms with E-state index in [9.17, 15) is 4.39 Å². The number of aromatic nitrogens is 2. The predicted octanol–water partition coefficient (Wildman–Crippen LogP) is 1.50. The number of hydrogen-bond acceptors (Lipinski definition) is 5. The molecule has 0 spiro atoms. The van der Waals surface area contributed by atoms with Crippen molar-refractivity contribution in [1.82, 2.24) is 9.97 Å². The van der Waals surface area contributed by atoms with E-state index in [2.05, 4.69) is 9.97 Å². The maximum absolute atomic E-state index is 13.5. The smallest absolute Gasteiger partial charge is 0.138 e. The fourth-order valence-corrected chi connectivity index (χ4v) is 1.56. The maximum Gasteiger partial charge on any atom is 0.138 e. The molecule has 0 atom stereocenters.